The van der Waals surface area contributed by atoms with Crippen LogP contribution in [0.25, 0.3) is 0 Å². The first kappa shape index (κ1) is 18.7. The maximum atomic E-state index is 12.3. The molecule has 3 rings (SSSR count). The van der Waals surface area contributed by atoms with Crippen molar-refractivity contribution in [2.75, 3.05) is 39.8 Å². The summed E-state index contributed by atoms with van der Waals surface area (Å²) in [7, 11) is 2.10. The standard InChI is InChI=1S/C19H27N3O4/c1-20-9-10-21(12-15-3-2-4-16(23)11-15)14-19(20)6-5-17(24)22(8-7-19)13-18(25)26/h2-4,11,23H,5-10,12-14H2,1H3,(H,25,26)/t19-/m1/s1. The average Bonchev–Trinajstić information content (AvgIpc) is 2.73. The van der Waals surface area contributed by atoms with Crippen LogP contribution >= 0.6 is 0 Å². The molecule has 2 saturated heterocycles. The third-order valence-corrected chi connectivity index (χ3v) is 5.73. The minimum absolute atomic E-state index is 0.0669. The van der Waals surface area contributed by atoms with E-state index in [0.29, 0.717) is 13.0 Å². The summed E-state index contributed by atoms with van der Waals surface area (Å²) in [5, 5.41) is 18.7. The molecular formula is C19H27N3O4. The predicted molar refractivity (Wildman–Crippen MR) is 96.8 cm³/mol. The number of aromatic hydroxyl groups is 1. The fourth-order valence-electron chi connectivity index (χ4n) is 4.15. The number of carbonyl (C=O) groups excluding carboxylic acids is 1. The monoisotopic (exact) mass is 361 g/mol. The van der Waals surface area contributed by atoms with Gasteiger partial charge < -0.3 is 15.1 Å². The van der Waals surface area contributed by atoms with Gasteiger partial charge in [-0.2, -0.15) is 0 Å². The fraction of sp³-hybridized carbons (Fsp3) is 0.579. The molecule has 1 amide bonds. The SMILES string of the molecule is CN1CCN(Cc2cccc(O)c2)C[C@]12CCC(=O)N(CC(=O)O)CC2. The van der Waals surface area contributed by atoms with Crippen molar-refractivity contribution in [2.45, 2.75) is 31.3 Å². The topological polar surface area (TPSA) is 84.3 Å². The normalized spacial score (nSPS) is 25.4. The smallest absolute Gasteiger partial charge is 0.323 e. The van der Waals surface area contributed by atoms with Gasteiger partial charge in [0.25, 0.3) is 0 Å². The molecule has 7 nitrogen and oxygen atoms in total. The molecule has 0 unspecified atom stereocenters. The Morgan fingerprint density at radius 1 is 1.23 bits per heavy atom. The summed E-state index contributed by atoms with van der Waals surface area (Å²) in [6.07, 6.45) is 1.91. The second-order valence-electron chi connectivity index (χ2n) is 7.49. The van der Waals surface area contributed by atoms with Gasteiger partial charge in [-0.1, -0.05) is 12.1 Å². The Kier molecular flexibility index (Phi) is 5.48. The summed E-state index contributed by atoms with van der Waals surface area (Å²) < 4.78 is 0. The van der Waals surface area contributed by atoms with Gasteiger partial charge in [-0.3, -0.25) is 19.4 Å². The molecule has 7 heteroatoms. The van der Waals surface area contributed by atoms with Gasteiger partial charge in [-0.15, -0.1) is 0 Å². The highest BCUT2D eigenvalue weighted by Gasteiger charge is 2.42. The lowest BCUT2D eigenvalue weighted by Gasteiger charge is -2.49. The Morgan fingerprint density at radius 2 is 2.04 bits per heavy atom. The summed E-state index contributed by atoms with van der Waals surface area (Å²) in [4.78, 5) is 29.5. The number of phenolic OH excluding ortho intramolecular Hbond substituents is 1. The number of aliphatic carboxylic acids is 1. The molecule has 0 radical (unpaired) electrons. The number of likely N-dealkylation sites (tertiary alicyclic amines) is 1. The van der Waals surface area contributed by atoms with E-state index >= 15 is 0 Å². The molecule has 142 valence electrons. The van der Waals surface area contributed by atoms with E-state index in [1.807, 2.05) is 12.1 Å². The van der Waals surface area contributed by atoms with E-state index in [1.165, 1.54) is 4.90 Å². The third-order valence-electron chi connectivity index (χ3n) is 5.73. The van der Waals surface area contributed by atoms with Gasteiger partial charge in [0.05, 0.1) is 0 Å². The number of likely N-dealkylation sites (N-methyl/N-ethyl adjacent to an activating group) is 1. The fourth-order valence-corrected chi connectivity index (χ4v) is 4.15. The van der Waals surface area contributed by atoms with Crippen LogP contribution in [0.2, 0.25) is 0 Å². The van der Waals surface area contributed by atoms with Crippen molar-refractivity contribution in [3.63, 3.8) is 0 Å². The van der Waals surface area contributed by atoms with E-state index in [0.717, 1.165) is 44.6 Å². The number of hydrogen-bond donors (Lipinski definition) is 2. The van der Waals surface area contributed by atoms with Gasteiger partial charge in [-0.05, 0) is 37.6 Å². The van der Waals surface area contributed by atoms with Crippen LogP contribution in [0.1, 0.15) is 24.8 Å². The van der Waals surface area contributed by atoms with Crippen molar-refractivity contribution >= 4 is 11.9 Å². The van der Waals surface area contributed by atoms with Gasteiger partial charge in [0, 0.05) is 44.7 Å². The molecule has 0 saturated carbocycles. The lowest BCUT2D eigenvalue weighted by Crippen LogP contribution is -2.60. The number of nitrogens with zero attached hydrogens (tertiary/aromatic N) is 3. The number of carboxylic acid groups (broad SMARTS) is 1. The molecule has 2 heterocycles. The van der Waals surface area contributed by atoms with Gasteiger partial charge in [0.1, 0.15) is 12.3 Å². The molecule has 1 aromatic rings. The Morgan fingerprint density at radius 3 is 2.77 bits per heavy atom. The summed E-state index contributed by atoms with van der Waals surface area (Å²) in [5.41, 5.74) is 0.958. The third kappa shape index (κ3) is 4.16. The van der Waals surface area contributed by atoms with E-state index < -0.39 is 5.97 Å². The van der Waals surface area contributed by atoms with Crippen LogP contribution in [0.15, 0.2) is 24.3 Å². The Balaban J connectivity index is 1.71. The lowest BCUT2D eigenvalue weighted by molar-refractivity contribution is -0.144. The van der Waals surface area contributed by atoms with E-state index in [2.05, 4.69) is 16.8 Å². The van der Waals surface area contributed by atoms with Crippen LogP contribution < -0.4 is 0 Å². The Bertz CT molecular complexity index is 681. The summed E-state index contributed by atoms with van der Waals surface area (Å²) in [6.45, 7) is 3.71. The molecule has 2 aliphatic rings. The zero-order chi connectivity index (χ0) is 18.7. The van der Waals surface area contributed by atoms with Gasteiger partial charge in [0.2, 0.25) is 5.91 Å². The molecule has 1 atom stereocenters. The van der Waals surface area contributed by atoms with E-state index in [1.54, 1.807) is 12.1 Å². The Labute approximate surface area is 153 Å². The van der Waals surface area contributed by atoms with E-state index in [4.69, 9.17) is 5.11 Å². The number of phenols is 1. The molecule has 1 spiro atoms. The number of hydrogen-bond acceptors (Lipinski definition) is 5. The summed E-state index contributed by atoms with van der Waals surface area (Å²) in [6, 6.07) is 7.32. The van der Waals surface area contributed by atoms with E-state index in [-0.39, 0.29) is 23.7 Å². The van der Waals surface area contributed by atoms with Crippen molar-refractivity contribution in [2.24, 2.45) is 0 Å². The van der Waals surface area contributed by atoms with Gasteiger partial charge in [-0.25, -0.2) is 0 Å². The van der Waals surface area contributed by atoms with Crippen molar-refractivity contribution in [1.82, 2.24) is 14.7 Å². The number of benzene rings is 1. The summed E-state index contributed by atoms with van der Waals surface area (Å²) in [5.74, 6) is -0.754. The zero-order valence-electron chi connectivity index (χ0n) is 15.2. The van der Waals surface area contributed by atoms with Gasteiger partial charge in [0.15, 0.2) is 0 Å². The highest BCUT2D eigenvalue weighted by atomic mass is 16.4. The molecule has 2 aliphatic heterocycles. The molecule has 0 bridgehead atoms. The lowest BCUT2D eigenvalue weighted by atomic mass is 9.86. The van der Waals surface area contributed by atoms with Crippen LogP contribution in [-0.4, -0.2) is 82.1 Å². The maximum absolute atomic E-state index is 12.3. The van der Waals surface area contributed by atoms with Crippen LogP contribution in [0, 0.1) is 0 Å². The van der Waals surface area contributed by atoms with Gasteiger partial charge >= 0.3 is 5.97 Å². The van der Waals surface area contributed by atoms with Crippen LogP contribution in [0.5, 0.6) is 5.75 Å². The molecule has 1 aromatic carbocycles. The second-order valence-corrected chi connectivity index (χ2v) is 7.49. The maximum Gasteiger partial charge on any atom is 0.323 e. The minimum atomic E-state index is -0.961. The Hall–Kier alpha value is -2.12. The first-order valence-electron chi connectivity index (χ1n) is 9.09. The minimum Gasteiger partial charge on any atom is -0.508 e. The van der Waals surface area contributed by atoms with Crippen LogP contribution in [0.4, 0.5) is 0 Å². The van der Waals surface area contributed by atoms with Crippen molar-refractivity contribution < 1.29 is 19.8 Å². The molecule has 2 fully saturated rings. The number of carboxylic acids is 1. The first-order valence-corrected chi connectivity index (χ1v) is 9.09. The largest absolute Gasteiger partial charge is 0.508 e. The molecular weight excluding hydrogens is 334 g/mol. The number of amides is 1. The number of carbonyl (C=O) groups is 2. The second kappa shape index (κ2) is 7.63. The quantitative estimate of drug-likeness (QED) is 0.832. The van der Waals surface area contributed by atoms with E-state index in [9.17, 15) is 14.7 Å². The van der Waals surface area contributed by atoms with Crippen molar-refractivity contribution in [3.05, 3.63) is 29.8 Å². The summed E-state index contributed by atoms with van der Waals surface area (Å²) >= 11 is 0. The van der Waals surface area contributed by atoms with Crippen LogP contribution in [-0.2, 0) is 16.1 Å². The highest BCUT2D eigenvalue weighted by Crippen LogP contribution is 2.32. The molecule has 2 N–H and O–H groups in total. The average molecular weight is 361 g/mol. The molecule has 0 aromatic heterocycles. The van der Waals surface area contributed by atoms with Crippen molar-refractivity contribution in [3.8, 4) is 5.75 Å². The van der Waals surface area contributed by atoms with Crippen LogP contribution in [0.3, 0.4) is 0 Å². The number of piperazine rings is 1. The molecule has 0 aliphatic carbocycles. The zero-order valence-corrected chi connectivity index (χ0v) is 15.2. The first-order chi connectivity index (χ1) is 12.4. The predicted octanol–water partition coefficient (Wildman–Crippen LogP) is 0.975. The number of rotatable bonds is 4. The molecule has 26 heavy (non-hydrogen) atoms. The van der Waals surface area contributed by atoms with Crippen molar-refractivity contribution in [1.29, 1.82) is 0 Å². The highest BCUT2D eigenvalue weighted by molar-refractivity contribution is 5.81.